The molecular formula is C24H36N4O2. The number of aromatic nitrogens is 1. The summed E-state index contributed by atoms with van der Waals surface area (Å²) in [5, 5.41) is 4.44. The van der Waals surface area contributed by atoms with E-state index < -0.39 is 0 Å². The van der Waals surface area contributed by atoms with Crippen molar-refractivity contribution in [1.29, 1.82) is 0 Å². The number of amides is 1. The average Bonchev–Trinajstić information content (AvgIpc) is 3.40. The van der Waals surface area contributed by atoms with E-state index >= 15 is 0 Å². The average molecular weight is 413 g/mol. The van der Waals surface area contributed by atoms with E-state index in [0.29, 0.717) is 0 Å². The molecule has 2 aliphatic rings. The molecule has 1 amide bonds. The van der Waals surface area contributed by atoms with Crippen LogP contribution in [0.25, 0.3) is 10.9 Å². The van der Waals surface area contributed by atoms with Gasteiger partial charge in [-0.25, -0.2) is 4.79 Å². The van der Waals surface area contributed by atoms with Gasteiger partial charge in [-0.05, 0) is 89.8 Å². The maximum Gasteiger partial charge on any atom is 0.326 e. The molecule has 0 radical (unpaired) electrons. The number of rotatable bonds is 6. The Bertz CT molecular complexity index is 861. The van der Waals surface area contributed by atoms with Gasteiger partial charge in [0, 0.05) is 36.3 Å². The van der Waals surface area contributed by atoms with E-state index in [0.717, 1.165) is 48.5 Å². The maximum atomic E-state index is 13.2. The molecule has 1 aliphatic heterocycles. The summed E-state index contributed by atoms with van der Waals surface area (Å²) < 4.78 is 7.20. The minimum Gasteiger partial charge on any atom is -0.497 e. The Balaban J connectivity index is 1.46. The first-order chi connectivity index (χ1) is 14.5. The summed E-state index contributed by atoms with van der Waals surface area (Å²) in [5.41, 5.74) is 2.13. The number of nitrogens with zero attached hydrogens (tertiary/aromatic N) is 3. The van der Waals surface area contributed by atoms with Crippen molar-refractivity contribution in [3.63, 3.8) is 0 Å². The highest BCUT2D eigenvalue weighted by Crippen LogP contribution is 2.28. The number of hydrogen-bond acceptors (Lipinski definition) is 4. The van der Waals surface area contributed by atoms with Crippen LogP contribution in [0.4, 0.5) is 4.79 Å². The molecule has 1 saturated carbocycles. The van der Waals surface area contributed by atoms with Crippen molar-refractivity contribution in [3.05, 3.63) is 30.0 Å². The number of likely N-dealkylation sites (tertiary alicyclic amines) is 1. The summed E-state index contributed by atoms with van der Waals surface area (Å²) in [5.74, 6) is 0.778. The highest BCUT2D eigenvalue weighted by Gasteiger charge is 2.28. The second kappa shape index (κ2) is 9.40. The molecule has 1 aromatic carbocycles. The first kappa shape index (κ1) is 21.2. The van der Waals surface area contributed by atoms with Gasteiger partial charge in [-0.15, -0.1) is 0 Å². The fourth-order valence-electron chi connectivity index (χ4n) is 5.05. The minimum absolute atomic E-state index is 0.0195. The molecule has 2 aromatic rings. The summed E-state index contributed by atoms with van der Waals surface area (Å²) in [4.78, 5) is 18.0. The van der Waals surface area contributed by atoms with Gasteiger partial charge in [0.15, 0.2) is 0 Å². The number of hydrogen-bond donors (Lipinski definition) is 1. The van der Waals surface area contributed by atoms with E-state index in [4.69, 9.17) is 4.74 Å². The molecule has 0 atom stereocenters. The lowest BCUT2D eigenvalue weighted by Crippen LogP contribution is -2.44. The number of carbonyl (C=O) groups excluding carboxylic acids is 1. The lowest BCUT2D eigenvalue weighted by molar-refractivity contribution is 0.173. The Morgan fingerprint density at radius 1 is 1.17 bits per heavy atom. The highest BCUT2D eigenvalue weighted by atomic mass is 16.5. The first-order valence-electron chi connectivity index (χ1n) is 11.4. The number of fused-ring (bicyclic) bond motifs is 1. The van der Waals surface area contributed by atoms with Gasteiger partial charge >= 0.3 is 6.03 Å². The molecule has 164 valence electrons. The molecule has 4 rings (SSSR count). The Morgan fingerprint density at radius 2 is 1.90 bits per heavy atom. The SMILES string of the molecule is COc1ccc2c(CCN(C)C)cn(C(=O)NC3CCC(N4CCCC4)CC3)c2c1. The van der Waals surface area contributed by atoms with Crippen LogP contribution >= 0.6 is 0 Å². The smallest absolute Gasteiger partial charge is 0.326 e. The molecule has 30 heavy (non-hydrogen) atoms. The fourth-order valence-corrected chi connectivity index (χ4v) is 5.05. The highest BCUT2D eigenvalue weighted by molar-refractivity contribution is 5.94. The van der Waals surface area contributed by atoms with Gasteiger partial charge in [0.25, 0.3) is 0 Å². The van der Waals surface area contributed by atoms with Crippen molar-refractivity contribution in [2.24, 2.45) is 0 Å². The van der Waals surface area contributed by atoms with Gasteiger partial charge in [0.05, 0.1) is 12.6 Å². The Hall–Kier alpha value is -2.05. The summed E-state index contributed by atoms with van der Waals surface area (Å²) in [6.07, 6.45) is 10.1. The van der Waals surface area contributed by atoms with Crippen molar-refractivity contribution < 1.29 is 9.53 Å². The van der Waals surface area contributed by atoms with Crippen LogP contribution in [0.15, 0.2) is 24.4 Å². The van der Waals surface area contributed by atoms with Gasteiger partial charge in [-0.2, -0.15) is 0 Å². The molecule has 0 bridgehead atoms. The zero-order chi connectivity index (χ0) is 21.1. The number of ether oxygens (including phenoxy) is 1. The predicted molar refractivity (Wildman–Crippen MR) is 122 cm³/mol. The molecule has 6 heteroatoms. The number of likely N-dealkylation sites (N-methyl/N-ethyl adjacent to an activating group) is 1. The van der Waals surface area contributed by atoms with Crippen molar-refractivity contribution in [2.75, 3.05) is 40.8 Å². The second-order valence-corrected chi connectivity index (χ2v) is 9.16. The minimum atomic E-state index is -0.0195. The van der Waals surface area contributed by atoms with Crippen molar-refractivity contribution in [2.45, 2.75) is 57.0 Å². The Labute approximate surface area is 180 Å². The van der Waals surface area contributed by atoms with Crippen LogP contribution in [-0.2, 0) is 6.42 Å². The van der Waals surface area contributed by atoms with Crippen LogP contribution in [0.1, 0.15) is 44.1 Å². The largest absolute Gasteiger partial charge is 0.497 e. The number of carbonyl (C=O) groups is 1. The third-order valence-electron chi connectivity index (χ3n) is 6.82. The summed E-state index contributed by atoms with van der Waals surface area (Å²) in [7, 11) is 5.82. The number of nitrogens with one attached hydrogen (secondary N) is 1. The standard InChI is InChI=1S/C24H36N4O2/c1-26(2)15-12-18-17-28(23-16-21(30-3)10-11-22(18)23)24(29)25-19-6-8-20(9-7-19)27-13-4-5-14-27/h10-11,16-17,19-20H,4-9,12-15H2,1-3H3,(H,25,29). The van der Waals surface area contributed by atoms with Gasteiger partial charge in [-0.1, -0.05) is 0 Å². The van der Waals surface area contributed by atoms with Crippen LogP contribution in [-0.4, -0.2) is 73.3 Å². The molecule has 1 aromatic heterocycles. The first-order valence-corrected chi connectivity index (χ1v) is 11.4. The topological polar surface area (TPSA) is 49.7 Å². The molecule has 0 spiro atoms. The maximum absolute atomic E-state index is 13.2. The quantitative estimate of drug-likeness (QED) is 0.786. The zero-order valence-electron chi connectivity index (χ0n) is 18.7. The summed E-state index contributed by atoms with van der Waals surface area (Å²) in [6, 6.07) is 6.99. The molecule has 1 aliphatic carbocycles. The van der Waals surface area contributed by atoms with Crippen LogP contribution in [0.3, 0.4) is 0 Å². The van der Waals surface area contributed by atoms with E-state index in [1.807, 2.05) is 18.3 Å². The van der Waals surface area contributed by atoms with Crippen LogP contribution < -0.4 is 10.1 Å². The number of benzene rings is 1. The molecular weight excluding hydrogens is 376 g/mol. The fraction of sp³-hybridized carbons (Fsp3) is 0.625. The van der Waals surface area contributed by atoms with Crippen molar-refractivity contribution >= 4 is 16.9 Å². The summed E-state index contributed by atoms with van der Waals surface area (Å²) in [6.45, 7) is 3.47. The van der Waals surface area contributed by atoms with E-state index in [2.05, 4.69) is 35.3 Å². The van der Waals surface area contributed by atoms with Crippen molar-refractivity contribution in [1.82, 2.24) is 19.7 Å². The predicted octanol–water partition coefficient (Wildman–Crippen LogP) is 3.72. The molecule has 6 nitrogen and oxygen atoms in total. The van der Waals surface area contributed by atoms with Gasteiger partial charge < -0.3 is 19.9 Å². The van der Waals surface area contributed by atoms with E-state index in [-0.39, 0.29) is 12.1 Å². The molecule has 2 fully saturated rings. The Morgan fingerprint density at radius 3 is 2.57 bits per heavy atom. The summed E-state index contributed by atoms with van der Waals surface area (Å²) >= 11 is 0. The van der Waals surface area contributed by atoms with Gasteiger partial charge in [0.1, 0.15) is 5.75 Å². The molecule has 2 heterocycles. The van der Waals surface area contributed by atoms with Crippen molar-refractivity contribution in [3.8, 4) is 5.75 Å². The lowest BCUT2D eigenvalue weighted by atomic mass is 9.90. The van der Waals surface area contributed by atoms with Gasteiger partial charge in [-0.3, -0.25) is 4.57 Å². The second-order valence-electron chi connectivity index (χ2n) is 9.16. The third-order valence-corrected chi connectivity index (χ3v) is 6.82. The lowest BCUT2D eigenvalue weighted by Gasteiger charge is -2.34. The zero-order valence-corrected chi connectivity index (χ0v) is 18.7. The van der Waals surface area contributed by atoms with E-state index in [9.17, 15) is 4.79 Å². The van der Waals surface area contributed by atoms with Gasteiger partial charge in [0.2, 0.25) is 0 Å². The Kier molecular flexibility index (Phi) is 6.64. The third kappa shape index (κ3) is 4.65. The number of methoxy groups -OCH3 is 1. The molecule has 0 unspecified atom stereocenters. The molecule has 1 saturated heterocycles. The van der Waals surface area contributed by atoms with Crippen LogP contribution in [0.5, 0.6) is 5.75 Å². The normalized spacial score (nSPS) is 22.7. The van der Waals surface area contributed by atoms with E-state index in [1.165, 1.54) is 44.3 Å². The van der Waals surface area contributed by atoms with E-state index in [1.54, 1.807) is 11.7 Å². The van der Waals surface area contributed by atoms with Crippen LogP contribution in [0.2, 0.25) is 0 Å². The van der Waals surface area contributed by atoms with Crippen LogP contribution in [0, 0.1) is 0 Å². The molecule has 1 N–H and O–H groups in total. The monoisotopic (exact) mass is 412 g/mol.